The first-order chi connectivity index (χ1) is 12.0. The summed E-state index contributed by atoms with van der Waals surface area (Å²) < 4.78 is 15.5. The summed E-state index contributed by atoms with van der Waals surface area (Å²) in [5, 5.41) is 11.2. The van der Waals surface area contributed by atoms with Gasteiger partial charge in [0.25, 0.3) is 0 Å². The molecule has 128 valence electrons. The monoisotopic (exact) mass is 418 g/mol. The van der Waals surface area contributed by atoms with Crippen LogP contribution in [0.3, 0.4) is 0 Å². The Kier molecular flexibility index (Phi) is 5.45. The van der Waals surface area contributed by atoms with Crippen molar-refractivity contribution in [3.05, 3.63) is 76.1 Å². The van der Waals surface area contributed by atoms with E-state index >= 15 is 0 Å². The van der Waals surface area contributed by atoms with Gasteiger partial charge < -0.3 is 10.6 Å². The molecule has 0 amide bonds. The molecule has 3 rings (SSSR count). The smallest absolute Gasteiger partial charge is 0.176 e. The molecular weight excluding hydrogens is 403 g/mol. The van der Waals surface area contributed by atoms with E-state index in [1.165, 1.54) is 12.1 Å². The number of para-hydroxylation sites is 1. The van der Waals surface area contributed by atoms with Gasteiger partial charge in [-0.2, -0.15) is 5.10 Å². The molecule has 0 atom stereocenters. The van der Waals surface area contributed by atoms with Gasteiger partial charge in [0, 0.05) is 11.9 Å². The lowest BCUT2D eigenvalue weighted by Crippen LogP contribution is -2.20. The van der Waals surface area contributed by atoms with Crippen molar-refractivity contribution in [2.75, 3.05) is 10.6 Å². The van der Waals surface area contributed by atoms with Crippen molar-refractivity contribution < 1.29 is 4.39 Å². The van der Waals surface area contributed by atoms with Crippen molar-refractivity contribution in [2.45, 2.75) is 13.5 Å². The summed E-state index contributed by atoms with van der Waals surface area (Å²) in [6.07, 6.45) is 1.85. The van der Waals surface area contributed by atoms with Gasteiger partial charge in [0.05, 0.1) is 11.0 Å². The molecule has 0 aliphatic rings. The number of halogens is 2. The van der Waals surface area contributed by atoms with Crippen LogP contribution in [0.1, 0.15) is 11.1 Å². The minimum atomic E-state index is -0.250. The van der Waals surface area contributed by atoms with Gasteiger partial charge in [-0.05, 0) is 64.4 Å². The van der Waals surface area contributed by atoms with E-state index in [0.29, 0.717) is 17.5 Å². The first-order valence-corrected chi connectivity index (χ1v) is 8.82. The minimum Gasteiger partial charge on any atom is -0.332 e. The maximum Gasteiger partial charge on any atom is 0.176 e. The fraction of sp³-hybridized carbons (Fsp3) is 0.111. The molecule has 0 bridgehead atoms. The largest absolute Gasteiger partial charge is 0.332 e. The molecule has 25 heavy (non-hydrogen) atoms. The van der Waals surface area contributed by atoms with Crippen LogP contribution in [-0.4, -0.2) is 14.9 Å². The Morgan fingerprint density at radius 2 is 1.88 bits per heavy atom. The molecule has 0 unspecified atom stereocenters. The summed E-state index contributed by atoms with van der Waals surface area (Å²) in [4.78, 5) is 0. The van der Waals surface area contributed by atoms with Gasteiger partial charge in [-0.25, -0.2) is 4.39 Å². The number of aromatic nitrogens is 2. The lowest BCUT2D eigenvalue weighted by Gasteiger charge is -2.11. The first kappa shape index (κ1) is 17.6. The van der Waals surface area contributed by atoms with Crippen molar-refractivity contribution in [3.8, 4) is 0 Å². The van der Waals surface area contributed by atoms with E-state index in [-0.39, 0.29) is 5.82 Å². The van der Waals surface area contributed by atoms with Crippen LogP contribution in [0.25, 0.3) is 0 Å². The highest BCUT2D eigenvalue weighted by Gasteiger charge is 2.09. The molecule has 0 aliphatic carbocycles. The molecule has 4 nitrogen and oxygen atoms in total. The normalized spacial score (nSPS) is 10.5. The number of nitrogens with zero attached hydrogens (tertiary/aromatic N) is 2. The van der Waals surface area contributed by atoms with Gasteiger partial charge in [0.1, 0.15) is 5.82 Å². The minimum absolute atomic E-state index is 0.250. The van der Waals surface area contributed by atoms with E-state index in [2.05, 4.69) is 31.7 Å². The number of thiocarbonyl (C=S) groups is 1. The lowest BCUT2D eigenvalue weighted by atomic mass is 10.2. The third-order valence-corrected chi connectivity index (χ3v) is 4.38. The van der Waals surface area contributed by atoms with Crippen molar-refractivity contribution in [2.24, 2.45) is 0 Å². The zero-order valence-electron chi connectivity index (χ0n) is 13.5. The van der Waals surface area contributed by atoms with Crippen LogP contribution in [0.15, 0.2) is 59.2 Å². The zero-order chi connectivity index (χ0) is 17.8. The maximum atomic E-state index is 13.0. The summed E-state index contributed by atoms with van der Waals surface area (Å²) in [7, 11) is 0. The predicted octanol–water partition coefficient (Wildman–Crippen LogP) is 4.95. The standard InChI is InChI=1S/C18H16BrFN4S/c1-12-4-2-3-5-16(12)21-18(25)22-17-15(19)11-24(23-17)10-13-6-8-14(20)9-7-13/h2-9,11H,10H2,1H3,(H2,21,22,23,25). The van der Waals surface area contributed by atoms with Crippen molar-refractivity contribution in [1.29, 1.82) is 0 Å². The maximum absolute atomic E-state index is 13.0. The van der Waals surface area contributed by atoms with E-state index in [1.807, 2.05) is 37.4 Å². The van der Waals surface area contributed by atoms with E-state index in [1.54, 1.807) is 16.8 Å². The summed E-state index contributed by atoms with van der Waals surface area (Å²) >= 11 is 8.83. The highest BCUT2D eigenvalue weighted by molar-refractivity contribution is 9.10. The van der Waals surface area contributed by atoms with Crippen LogP contribution >= 0.6 is 28.1 Å². The molecule has 1 aromatic heterocycles. The quantitative estimate of drug-likeness (QED) is 0.588. The molecule has 0 saturated carbocycles. The van der Waals surface area contributed by atoms with E-state index in [0.717, 1.165) is 21.3 Å². The molecular formula is C18H16BrFN4S. The van der Waals surface area contributed by atoms with Gasteiger partial charge >= 0.3 is 0 Å². The Bertz CT molecular complexity index is 892. The Hall–Kier alpha value is -2.25. The molecule has 0 aliphatic heterocycles. The van der Waals surface area contributed by atoms with Crippen LogP contribution in [0.4, 0.5) is 15.9 Å². The highest BCUT2D eigenvalue weighted by Crippen LogP contribution is 2.21. The lowest BCUT2D eigenvalue weighted by molar-refractivity contribution is 0.624. The van der Waals surface area contributed by atoms with E-state index in [9.17, 15) is 4.39 Å². The topological polar surface area (TPSA) is 41.9 Å². The fourth-order valence-corrected chi connectivity index (χ4v) is 2.94. The second kappa shape index (κ2) is 7.76. The second-order valence-electron chi connectivity index (χ2n) is 5.54. The number of nitrogens with one attached hydrogen (secondary N) is 2. The first-order valence-electron chi connectivity index (χ1n) is 7.62. The molecule has 1 heterocycles. The highest BCUT2D eigenvalue weighted by atomic mass is 79.9. The van der Waals surface area contributed by atoms with Crippen LogP contribution in [0.2, 0.25) is 0 Å². The van der Waals surface area contributed by atoms with Gasteiger partial charge in [-0.15, -0.1) is 0 Å². The molecule has 0 radical (unpaired) electrons. The zero-order valence-corrected chi connectivity index (χ0v) is 15.9. The Labute approximate surface area is 159 Å². The van der Waals surface area contributed by atoms with E-state index < -0.39 is 0 Å². The predicted molar refractivity (Wildman–Crippen MR) is 106 cm³/mol. The molecule has 0 spiro atoms. The van der Waals surface area contributed by atoms with Gasteiger partial charge in [0.2, 0.25) is 0 Å². The van der Waals surface area contributed by atoms with Crippen molar-refractivity contribution in [3.63, 3.8) is 0 Å². The van der Waals surface area contributed by atoms with Gasteiger partial charge in [-0.3, -0.25) is 4.68 Å². The summed E-state index contributed by atoms with van der Waals surface area (Å²) in [6, 6.07) is 14.3. The SMILES string of the molecule is Cc1ccccc1NC(=S)Nc1nn(Cc2ccc(F)cc2)cc1Br. The average Bonchev–Trinajstić information content (AvgIpc) is 2.91. The molecule has 3 aromatic rings. The van der Waals surface area contributed by atoms with Gasteiger partial charge in [-0.1, -0.05) is 30.3 Å². The molecule has 2 aromatic carbocycles. The van der Waals surface area contributed by atoms with Gasteiger partial charge in [0.15, 0.2) is 10.9 Å². The Balaban J connectivity index is 1.67. The average molecular weight is 419 g/mol. The molecule has 2 N–H and O–H groups in total. The number of anilines is 2. The number of rotatable bonds is 4. The van der Waals surface area contributed by atoms with Crippen molar-refractivity contribution in [1.82, 2.24) is 9.78 Å². The third-order valence-electron chi connectivity index (χ3n) is 3.60. The number of hydrogen-bond acceptors (Lipinski definition) is 2. The number of hydrogen-bond donors (Lipinski definition) is 2. The second-order valence-corrected chi connectivity index (χ2v) is 6.81. The number of aryl methyl sites for hydroxylation is 1. The van der Waals surface area contributed by atoms with Crippen molar-refractivity contribution >= 4 is 44.8 Å². The molecule has 0 fully saturated rings. The molecule has 0 saturated heterocycles. The number of benzene rings is 2. The molecule has 7 heteroatoms. The summed E-state index contributed by atoms with van der Waals surface area (Å²) in [5.41, 5.74) is 3.01. The summed E-state index contributed by atoms with van der Waals surface area (Å²) in [6.45, 7) is 2.55. The Morgan fingerprint density at radius 1 is 1.16 bits per heavy atom. The summed E-state index contributed by atoms with van der Waals surface area (Å²) in [5.74, 6) is 0.369. The van der Waals surface area contributed by atoms with Crippen LogP contribution < -0.4 is 10.6 Å². The van der Waals surface area contributed by atoms with E-state index in [4.69, 9.17) is 12.2 Å². The van der Waals surface area contributed by atoms with Crippen LogP contribution in [-0.2, 0) is 6.54 Å². The Morgan fingerprint density at radius 3 is 2.60 bits per heavy atom. The van der Waals surface area contributed by atoms with Crippen LogP contribution in [0, 0.1) is 12.7 Å². The third kappa shape index (κ3) is 4.64. The van der Waals surface area contributed by atoms with Crippen LogP contribution in [0.5, 0.6) is 0 Å². The fourth-order valence-electron chi connectivity index (χ4n) is 2.31.